The van der Waals surface area contributed by atoms with Crippen LogP contribution in [-0.4, -0.2) is 43.3 Å². The van der Waals surface area contributed by atoms with Crippen LogP contribution in [0.2, 0.25) is 0 Å². The number of aromatic hydroxyl groups is 1. The SMILES string of the molecule is CCC(C)CC(C)/C=C(\C)[C@@H]1O[C@H](c2c(O)c([C@@]3(O)CC[C@@H](O)C[C@@H]3O)cn(C)c2=O)CC[C@H]1C. The zero-order valence-corrected chi connectivity index (χ0v) is 22.2. The van der Waals surface area contributed by atoms with Gasteiger partial charge in [0.1, 0.15) is 11.4 Å². The molecule has 2 aliphatic rings. The van der Waals surface area contributed by atoms with Crippen LogP contribution in [-0.2, 0) is 17.4 Å². The maximum atomic E-state index is 13.2. The molecule has 0 radical (unpaired) electrons. The highest BCUT2D eigenvalue weighted by molar-refractivity contribution is 5.44. The van der Waals surface area contributed by atoms with Crippen molar-refractivity contribution in [3.63, 3.8) is 0 Å². The fourth-order valence-corrected chi connectivity index (χ4v) is 5.92. The first-order chi connectivity index (χ1) is 16.4. The topological polar surface area (TPSA) is 112 Å². The van der Waals surface area contributed by atoms with Gasteiger partial charge in [-0.15, -0.1) is 0 Å². The number of aryl methyl sites for hydroxylation is 1. The van der Waals surface area contributed by atoms with Crippen molar-refractivity contribution in [3.8, 4) is 5.75 Å². The second-order valence-electron chi connectivity index (χ2n) is 11.3. The van der Waals surface area contributed by atoms with Crippen LogP contribution in [0.15, 0.2) is 22.6 Å². The van der Waals surface area contributed by atoms with Crippen molar-refractivity contribution in [2.24, 2.45) is 24.8 Å². The van der Waals surface area contributed by atoms with E-state index < -0.39 is 23.9 Å². The summed E-state index contributed by atoms with van der Waals surface area (Å²) in [6.45, 7) is 10.9. The van der Waals surface area contributed by atoms with Gasteiger partial charge >= 0.3 is 0 Å². The van der Waals surface area contributed by atoms with E-state index in [-0.39, 0.29) is 47.3 Å². The predicted molar refractivity (Wildman–Crippen MR) is 136 cm³/mol. The number of aromatic nitrogens is 1. The lowest BCUT2D eigenvalue weighted by molar-refractivity contribution is -0.132. The summed E-state index contributed by atoms with van der Waals surface area (Å²) < 4.78 is 7.83. The summed E-state index contributed by atoms with van der Waals surface area (Å²) in [5.41, 5.74) is -0.728. The van der Waals surface area contributed by atoms with Crippen LogP contribution < -0.4 is 5.56 Å². The van der Waals surface area contributed by atoms with E-state index in [4.69, 9.17) is 4.74 Å². The summed E-state index contributed by atoms with van der Waals surface area (Å²) in [6, 6.07) is 0. The van der Waals surface area contributed by atoms with Gasteiger partial charge in [0.25, 0.3) is 5.56 Å². The van der Waals surface area contributed by atoms with Gasteiger partial charge in [-0.25, -0.2) is 0 Å². The highest BCUT2D eigenvalue weighted by Gasteiger charge is 2.46. The van der Waals surface area contributed by atoms with E-state index in [1.54, 1.807) is 7.05 Å². The van der Waals surface area contributed by atoms with Crippen LogP contribution in [0.3, 0.4) is 0 Å². The molecule has 2 unspecified atom stereocenters. The number of pyridine rings is 1. The van der Waals surface area contributed by atoms with Crippen LogP contribution >= 0.6 is 0 Å². The second kappa shape index (κ2) is 11.2. The van der Waals surface area contributed by atoms with Gasteiger partial charge in [0.2, 0.25) is 0 Å². The predicted octanol–water partition coefficient (Wildman–Crippen LogP) is 4.06. The minimum Gasteiger partial charge on any atom is -0.507 e. The van der Waals surface area contributed by atoms with Crippen molar-refractivity contribution in [2.75, 3.05) is 0 Å². The van der Waals surface area contributed by atoms with Crippen molar-refractivity contribution in [1.29, 1.82) is 0 Å². The number of rotatable bonds is 7. The zero-order valence-electron chi connectivity index (χ0n) is 22.2. The summed E-state index contributed by atoms with van der Waals surface area (Å²) in [4.78, 5) is 13.2. The number of allylic oxidation sites excluding steroid dienone is 1. The fourth-order valence-electron chi connectivity index (χ4n) is 5.92. The Morgan fingerprint density at radius 3 is 2.60 bits per heavy atom. The van der Waals surface area contributed by atoms with E-state index in [2.05, 4.69) is 40.7 Å². The largest absolute Gasteiger partial charge is 0.507 e. The molecule has 1 saturated heterocycles. The molecule has 4 N–H and O–H groups in total. The zero-order chi connectivity index (χ0) is 26.1. The maximum absolute atomic E-state index is 13.2. The Kier molecular flexibility index (Phi) is 8.90. The van der Waals surface area contributed by atoms with E-state index in [1.807, 2.05) is 0 Å². The van der Waals surface area contributed by atoms with E-state index in [0.29, 0.717) is 24.7 Å². The van der Waals surface area contributed by atoms with E-state index in [9.17, 15) is 25.2 Å². The van der Waals surface area contributed by atoms with Gasteiger partial charge < -0.3 is 29.7 Å². The van der Waals surface area contributed by atoms with Gasteiger partial charge in [-0.2, -0.15) is 0 Å². The lowest BCUT2D eigenvalue weighted by atomic mass is 9.75. The average Bonchev–Trinajstić information content (AvgIpc) is 2.79. The minimum atomic E-state index is -1.74. The lowest BCUT2D eigenvalue weighted by Gasteiger charge is -2.40. The summed E-state index contributed by atoms with van der Waals surface area (Å²) >= 11 is 0. The first kappa shape index (κ1) is 27.9. The number of nitrogens with zero attached hydrogens (tertiary/aromatic N) is 1. The number of ether oxygens (including phenoxy) is 1. The average molecular weight is 492 g/mol. The van der Waals surface area contributed by atoms with Crippen molar-refractivity contribution in [1.82, 2.24) is 4.57 Å². The lowest BCUT2D eigenvalue weighted by Crippen LogP contribution is -2.47. The Hall–Kier alpha value is -1.67. The van der Waals surface area contributed by atoms with Gasteiger partial charge in [0.05, 0.1) is 30.0 Å². The van der Waals surface area contributed by atoms with E-state index >= 15 is 0 Å². The minimum absolute atomic E-state index is 0.00640. The van der Waals surface area contributed by atoms with Gasteiger partial charge in [-0.05, 0) is 62.4 Å². The van der Waals surface area contributed by atoms with Crippen LogP contribution in [0, 0.1) is 17.8 Å². The molecule has 0 bridgehead atoms. The third kappa shape index (κ3) is 5.85. The normalized spacial score (nSPS) is 34.0. The molecule has 2 heterocycles. The molecule has 3 rings (SSSR count). The monoisotopic (exact) mass is 491 g/mol. The summed E-state index contributed by atoms with van der Waals surface area (Å²) in [7, 11) is 1.58. The van der Waals surface area contributed by atoms with Crippen molar-refractivity contribution >= 4 is 0 Å². The molecule has 1 aromatic heterocycles. The molecule has 35 heavy (non-hydrogen) atoms. The Bertz CT molecular complexity index is 971. The number of hydrogen-bond acceptors (Lipinski definition) is 6. The van der Waals surface area contributed by atoms with Crippen molar-refractivity contribution in [3.05, 3.63) is 39.3 Å². The van der Waals surface area contributed by atoms with Gasteiger partial charge in [0.15, 0.2) is 0 Å². The number of hydrogen-bond donors (Lipinski definition) is 4. The third-order valence-electron chi connectivity index (χ3n) is 8.26. The molecule has 1 saturated carbocycles. The number of aliphatic hydroxyl groups is 3. The third-order valence-corrected chi connectivity index (χ3v) is 8.26. The Balaban J connectivity index is 1.94. The molecular weight excluding hydrogens is 446 g/mol. The maximum Gasteiger partial charge on any atom is 0.259 e. The molecule has 0 amide bonds. The molecule has 2 fully saturated rings. The Morgan fingerprint density at radius 2 is 1.97 bits per heavy atom. The summed E-state index contributed by atoms with van der Waals surface area (Å²) in [5.74, 6) is 1.04. The molecular formula is C28H45NO6. The van der Waals surface area contributed by atoms with E-state index in [1.165, 1.54) is 10.8 Å². The van der Waals surface area contributed by atoms with Crippen molar-refractivity contribution < 1.29 is 25.2 Å². The van der Waals surface area contributed by atoms with Gasteiger partial charge in [-0.1, -0.05) is 40.2 Å². The van der Waals surface area contributed by atoms with E-state index in [0.717, 1.165) is 24.8 Å². The van der Waals surface area contributed by atoms with Gasteiger partial charge in [0, 0.05) is 25.2 Å². The molecule has 0 aromatic carbocycles. The van der Waals surface area contributed by atoms with Crippen LogP contribution in [0.5, 0.6) is 5.75 Å². The molecule has 7 heteroatoms. The Labute approximate surface area is 209 Å². The summed E-state index contributed by atoms with van der Waals surface area (Å²) in [5, 5.41) is 43.1. The molecule has 0 spiro atoms. The molecule has 1 aliphatic heterocycles. The molecule has 198 valence electrons. The first-order valence-electron chi connectivity index (χ1n) is 13.2. The van der Waals surface area contributed by atoms with Crippen molar-refractivity contribution in [2.45, 2.75) is 110 Å². The smallest absolute Gasteiger partial charge is 0.259 e. The van der Waals surface area contributed by atoms with Crippen LogP contribution in [0.25, 0.3) is 0 Å². The van der Waals surface area contributed by atoms with Crippen LogP contribution in [0.1, 0.15) is 96.8 Å². The van der Waals surface area contributed by atoms with Gasteiger partial charge in [-0.3, -0.25) is 4.79 Å². The van der Waals surface area contributed by atoms with Crippen LogP contribution in [0.4, 0.5) is 0 Å². The highest BCUT2D eigenvalue weighted by atomic mass is 16.5. The first-order valence-corrected chi connectivity index (χ1v) is 13.2. The molecule has 8 atom stereocenters. The quantitative estimate of drug-likeness (QED) is 0.428. The molecule has 7 nitrogen and oxygen atoms in total. The highest BCUT2D eigenvalue weighted by Crippen LogP contribution is 2.45. The standard InChI is InChI=1S/C28H45NO6/c1-7-16(2)12-17(3)13-19(5)26-18(4)8-9-22(35-26)24-25(32)21(15-29(6)27(24)33)28(34)11-10-20(30)14-23(28)31/h13,15-18,20,22-23,26,30-32,34H,7-12,14H2,1-6H3/b19-13+/t16?,17?,18-,20-,22+,23+,26-,28+/m1/s1. The number of aliphatic hydroxyl groups excluding tert-OH is 2. The Morgan fingerprint density at radius 1 is 1.29 bits per heavy atom. The summed E-state index contributed by atoms with van der Waals surface area (Å²) in [6.07, 6.45) is 5.00. The molecule has 1 aromatic rings. The molecule has 1 aliphatic carbocycles. The second-order valence-corrected chi connectivity index (χ2v) is 11.3. The fraction of sp³-hybridized carbons (Fsp3) is 0.750.